The van der Waals surface area contributed by atoms with Crippen LogP contribution < -0.4 is 0 Å². The highest BCUT2D eigenvalue weighted by Gasteiger charge is 1.85. The van der Waals surface area contributed by atoms with Crippen LogP contribution in [0.4, 0.5) is 0 Å². The summed E-state index contributed by atoms with van der Waals surface area (Å²) in [7, 11) is 0. The SMILES string of the molecule is C.CCC.CCC.CCCC(C)C. The Morgan fingerprint density at radius 2 is 1.00 bits per heavy atom. The van der Waals surface area contributed by atoms with Crippen LogP contribution in [0.15, 0.2) is 0 Å². The van der Waals surface area contributed by atoms with E-state index in [-0.39, 0.29) is 7.43 Å². The van der Waals surface area contributed by atoms with Crippen molar-refractivity contribution in [3.8, 4) is 0 Å². The van der Waals surface area contributed by atoms with Crippen molar-refractivity contribution in [3.05, 3.63) is 0 Å². The third-order valence-corrected chi connectivity index (χ3v) is 0.866. The van der Waals surface area contributed by atoms with Crippen LogP contribution in [-0.4, -0.2) is 0 Å². The second kappa shape index (κ2) is 29.6. The molecule has 0 aliphatic heterocycles. The van der Waals surface area contributed by atoms with Gasteiger partial charge in [0.25, 0.3) is 0 Å². The molecule has 0 amide bonds. The maximum absolute atomic E-state index is 2.25. The standard InChI is InChI=1S/C6H14.2C3H8.CH4/c1-4-5-6(2)3;2*1-3-2;/h6H,4-5H2,1-3H3;2*3H2,1-2H3;1H4. The molecule has 0 nitrogen and oxygen atoms in total. The quantitative estimate of drug-likeness (QED) is 0.507. The first-order valence-electron chi connectivity index (χ1n) is 5.60. The molecule has 0 aromatic heterocycles. The summed E-state index contributed by atoms with van der Waals surface area (Å²) >= 11 is 0. The van der Waals surface area contributed by atoms with Crippen LogP contribution >= 0.6 is 0 Å². The highest BCUT2D eigenvalue weighted by molar-refractivity contribution is 4.38. The Hall–Kier alpha value is 0. The molecule has 0 fully saturated rings. The van der Waals surface area contributed by atoms with Crippen LogP contribution in [0.1, 0.15) is 81.6 Å². The average molecular weight is 190 g/mol. The van der Waals surface area contributed by atoms with Crippen molar-refractivity contribution >= 4 is 0 Å². The van der Waals surface area contributed by atoms with Gasteiger partial charge in [-0.2, -0.15) is 0 Å². The number of hydrogen-bond donors (Lipinski definition) is 0. The molecule has 0 saturated carbocycles. The van der Waals surface area contributed by atoms with E-state index in [2.05, 4.69) is 48.5 Å². The van der Waals surface area contributed by atoms with Crippen molar-refractivity contribution in [3.63, 3.8) is 0 Å². The summed E-state index contributed by atoms with van der Waals surface area (Å²) in [5, 5.41) is 0. The highest BCUT2D eigenvalue weighted by Crippen LogP contribution is 2.00. The van der Waals surface area contributed by atoms with Gasteiger partial charge in [0, 0.05) is 0 Å². The fourth-order valence-electron chi connectivity index (χ4n) is 0.577. The lowest BCUT2D eigenvalue weighted by Crippen LogP contribution is -1.81. The lowest BCUT2D eigenvalue weighted by molar-refractivity contribution is 0.576. The van der Waals surface area contributed by atoms with E-state index in [0.29, 0.717) is 0 Å². The molecule has 0 atom stereocenters. The van der Waals surface area contributed by atoms with Gasteiger partial charge in [0.2, 0.25) is 0 Å². The first kappa shape index (κ1) is 23.1. The van der Waals surface area contributed by atoms with Crippen LogP contribution in [0.25, 0.3) is 0 Å². The Labute approximate surface area is 88.1 Å². The summed E-state index contributed by atoms with van der Waals surface area (Å²) < 4.78 is 0. The molecule has 0 radical (unpaired) electrons. The maximum atomic E-state index is 2.25. The Kier molecular flexibility index (Phi) is 52.7. The predicted molar refractivity (Wildman–Crippen MR) is 68.4 cm³/mol. The lowest BCUT2D eigenvalue weighted by Gasteiger charge is -1.95. The van der Waals surface area contributed by atoms with Gasteiger partial charge < -0.3 is 0 Å². The molecule has 13 heavy (non-hydrogen) atoms. The maximum Gasteiger partial charge on any atom is -0.0471 e. The third-order valence-electron chi connectivity index (χ3n) is 0.866. The van der Waals surface area contributed by atoms with Gasteiger partial charge in [0.1, 0.15) is 0 Å². The summed E-state index contributed by atoms with van der Waals surface area (Å²) in [5.41, 5.74) is 0. The van der Waals surface area contributed by atoms with Crippen LogP contribution in [0.2, 0.25) is 0 Å². The van der Waals surface area contributed by atoms with Gasteiger partial charge in [0.15, 0.2) is 0 Å². The third kappa shape index (κ3) is 133. The molecule has 0 heterocycles. The van der Waals surface area contributed by atoms with Crippen LogP contribution in [0.5, 0.6) is 0 Å². The predicted octanol–water partition coefficient (Wildman–Crippen LogP) is 5.91. The minimum atomic E-state index is 0. The zero-order valence-electron chi connectivity index (χ0n) is 10.4. The van der Waals surface area contributed by atoms with Gasteiger partial charge >= 0.3 is 0 Å². The minimum absolute atomic E-state index is 0. The van der Waals surface area contributed by atoms with Crippen LogP contribution in [0, 0.1) is 5.92 Å². The molecule has 0 aliphatic rings. The summed E-state index contributed by atoms with van der Waals surface area (Å²) in [6.07, 6.45) is 5.21. The fourth-order valence-corrected chi connectivity index (χ4v) is 0.577. The largest absolute Gasteiger partial charge is 0.0776 e. The molecule has 0 aromatic carbocycles. The lowest BCUT2D eigenvalue weighted by atomic mass is 10.1. The van der Waals surface area contributed by atoms with Crippen molar-refractivity contribution in [1.29, 1.82) is 0 Å². The summed E-state index contributed by atoms with van der Waals surface area (Å²) in [6.45, 7) is 15.2. The Balaban J connectivity index is -0.0000000501. The van der Waals surface area contributed by atoms with Gasteiger partial charge in [0.05, 0.1) is 0 Å². The van der Waals surface area contributed by atoms with E-state index >= 15 is 0 Å². The van der Waals surface area contributed by atoms with Crippen LogP contribution in [-0.2, 0) is 0 Å². The van der Waals surface area contributed by atoms with E-state index in [1.165, 1.54) is 25.7 Å². The van der Waals surface area contributed by atoms with Crippen molar-refractivity contribution < 1.29 is 0 Å². The van der Waals surface area contributed by atoms with E-state index in [1.54, 1.807) is 0 Å². The molecule has 0 rings (SSSR count). The molecule has 0 N–H and O–H groups in total. The molecule has 0 heteroatoms. The summed E-state index contributed by atoms with van der Waals surface area (Å²) in [6, 6.07) is 0. The smallest absolute Gasteiger partial charge is 0.0471 e. The van der Waals surface area contributed by atoms with Crippen molar-refractivity contribution in [2.24, 2.45) is 5.92 Å². The Bertz CT molecular complexity index is 35.3. The monoisotopic (exact) mass is 190 g/mol. The Morgan fingerprint density at radius 1 is 0.769 bits per heavy atom. The highest BCUT2D eigenvalue weighted by atomic mass is 13.9. The molecule has 0 aromatic rings. The van der Waals surface area contributed by atoms with Gasteiger partial charge in [-0.15, -0.1) is 0 Å². The van der Waals surface area contributed by atoms with E-state index < -0.39 is 0 Å². The molecule has 0 aliphatic carbocycles. The number of rotatable bonds is 2. The molecule has 0 spiro atoms. The van der Waals surface area contributed by atoms with E-state index in [1.807, 2.05) is 0 Å². The number of hydrogen-bond acceptors (Lipinski definition) is 0. The second-order valence-electron chi connectivity index (χ2n) is 3.60. The zero-order chi connectivity index (χ0) is 10.4. The van der Waals surface area contributed by atoms with Gasteiger partial charge in [-0.1, -0.05) is 81.6 Å². The molecular weight excluding hydrogens is 156 g/mol. The summed E-state index contributed by atoms with van der Waals surface area (Å²) in [5.74, 6) is 0.898. The fraction of sp³-hybridized carbons (Fsp3) is 1.00. The Morgan fingerprint density at radius 3 is 1.00 bits per heavy atom. The van der Waals surface area contributed by atoms with Crippen molar-refractivity contribution in [1.82, 2.24) is 0 Å². The zero-order valence-corrected chi connectivity index (χ0v) is 10.4. The van der Waals surface area contributed by atoms with Gasteiger partial charge in [-0.25, -0.2) is 0 Å². The van der Waals surface area contributed by atoms with Crippen LogP contribution in [0.3, 0.4) is 0 Å². The van der Waals surface area contributed by atoms with E-state index in [4.69, 9.17) is 0 Å². The van der Waals surface area contributed by atoms with E-state index in [0.717, 1.165) is 5.92 Å². The van der Waals surface area contributed by atoms with Crippen molar-refractivity contribution in [2.45, 2.75) is 81.6 Å². The molecule has 0 unspecified atom stereocenters. The first-order chi connectivity index (χ1) is 5.60. The molecule has 0 bridgehead atoms. The van der Waals surface area contributed by atoms with Gasteiger partial charge in [-0.3, -0.25) is 0 Å². The average Bonchev–Trinajstić information content (AvgIpc) is 1.89. The van der Waals surface area contributed by atoms with Crippen molar-refractivity contribution in [2.75, 3.05) is 0 Å². The minimum Gasteiger partial charge on any atom is -0.0776 e. The topological polar surface area (TPSA) is 0 Å². The normalized spacial score (nSPS) is 7.38. The second-order valence-corrected chi connectivity index (χ2v) is 3.60. The molecule has 86 valence electrons. The van der Waals surface area contributed by atoms with E-state index in [9.17, 15) is 0 Å². The molecular formula is C13H34. The first-order valence-corrected chi connectivity index (χ1v) is 5.60. The summed E-state index contributed by atoms with van der Waals surface area (Å²) in [4.78, 5) is 0. The van der Waals surface area contributed by atoms with Gasteiger partial charge in [-0.05, 0) is 5.92 Å². The molecule has 0 saturated heterocycles.